The van der Waals surface area contributed by atoms with Gasteiger partial charge >= 0.3 is 0 Å². The van der Waals surface area contributed by atoms with Gasteiger partial charge in [0.05, 0.1) is 5.69 Å². The summed E-state index contributed by atoms with van der Waals surface area (Å²) in [7, 11) is 0. The van der Waals surface area contributed by atoms with Gasteiger partial charge < -0.3 is 4.90 Å². The molecule has 220 valence electrons. The molecule has 0 unspecified atom stereocenters. The molecule has 9 aromatic rings. The first kappa shape index (κ1) is 27.2. The molecular formula is C46H31N. The van der Waals surface area contributed by atoms with E-state index in [4.69, 9.17) is 0 Å². The van der Waals surface area contributed by atoms with Crippen LogP contribution in [-0.2, 0) is 0 Å². The molecule has 0 aliphatic rings. The smallest absolute Gasteiger partial charge is 0.0546 e. The van der Waals surface area contributed by atoms with Gasteiger partial charge in [0, 0.05) is 16.8 Å². The van der Waals surface area contributed by atoms with Crippen LogP contribution in [0.2, 0.25) is 0 Å². The van der Waals surface area contributed by atoms with E-state index in [9.17, 15) is 0 Å². The van der Waals surface area contributed by atoms with Crippen molar-refractivity contribution in [1.29, 1.82) is 0 Å². The molecule has 1 heteroatoms. The Morgan fingerprint density at radius 2 is 0.830 bits per heavy atom. The van der Waals surface area contributed by atoms with E-state index in [-0.39, 0.29) is 0 Å². The molecule has 0 atom stereocenters. The van der Waals surface area contributed by atoms with Crippen LogP contribution < -0.4 is 4.90 Å². The van der Waals surface area contributed by atoms with Crippen molar-refractivity contribution in [2.75, 3.05) is 4.90 Å². The van der Waals surface area contributed by atoms with Crippen LogP contribution in [0.25, 0.3) is 65.3 Å². The van der Waals surface area contributed by atoms with Crippen LogP contribution in [0.15, 0.2) is 188 Å². The second-order valence-electron chi connectivity index (χ2n) is 12.2. The topological polar surface area (TPSA) is 3.24 Å². The highest BCUT2D eigenvalue weighted by Crippen LogP contribution is 2.44. The number of benzene rings is 9. The maximum absolute atomic E-state index is 2.43. The standard InChI is InChI=1S/C46H31N/c1-2-11-32(12-3-1)37-16-10-17-40(30-37)47(39-26-23-34(24-27-39)38-22-21-33-13-4-5-15-36(33)29-38)46-31-45-41-18-7-6-14-35(41)25-28-43(45)42-19-8-9-20-44(42)46/h1-31H. The summed E-state index contributed by atoms with van der Waals surface area (Å²) in [6.45, 7) is 0. The number of rotatable bonds is 5. The number of fused-ring (bicyclic) bond motifs is 6. The predicted octanol–water partition coefficient (Wildman–Crippen LogP) is 13.1. The van der Waals surface area contributed by atoms with Crippen LogP contribution in [0, 0.1) is 0 Å². The van der Waals surface area contributed by atoms with E-state index in [2.05, 4.69) is 193 Å². The van der Waals surface area contributed by atoms with E-state index < -0.39 is 0 Å². The zero-order valence-electron chi connectivity index (χ0n) is 25.8. The molecule has 0 bridgehead atoms. The molecule has 0 aliphatic heterocycles. The van der Waals surface area contributed by atoms with Crippen LogP contribution in [0.5, 0.6) is 0 Å². The van der Waals surface area contributed by atoms with Crippen LogP contribution >= 0.6 is 0 Å². The van der Waals surface area contributed by atoms with Gasteiger partial charge in [-0.2, -0.15) is 0 Å². The molecule has 0 aliphatic carbocycles. The van der Waals surface area contributed by atoms with E-state index in [0.29, 0.717) is 0 Å². The molecule has 0 fully saturated rings. The molecule has 9 rings (SSSR count). The lowest BCUT2D eigenvalue weighted by atomic mass is 9.95. The van der Waals surface area contributed by atoms with Gasteiger partial charge in [-0.25, -0.2) is 0 Å². The van der Waals surface area contributed by atoms with Gasteiger partial charge in [0.25, 0.3) is 0 Å². The molecule has 0 saturated heterocycles. The van der Waals surface area contributed by atoms with E-state index in [1.807, 2.05) is 0 Å². The molecular weight excluding hydrogens is 567 g/mol. The van der Waals surface area contributed by atoms with Crippen molar-refractivity contribution in [3.05, 3.63) is 188 Å². The summed E-state index contributed by atoms with van der Waals surface area (Å²) >= 11 is 0. The normalized spacial score (nSPS) is 11.4. The number of anilines is 3. The third-order valence-electron chi connectivity index (χ3n) is 9.41. The number of hydrogen-bond acceptors (Lipinski definition) is 1. The Balaban J connectivity index is 1.28. The third kappa shape index (κ3) is 4.81. The van der Waals surface area contributed by atoms with Crippen molar-refractivity contribution >= 4 is 60.2 Å². The van der Waals surface area contributed by atoms with Crippen molar-refractivity contribution in [1.82, 2.24) is 0 Å². The fourth-order valence-corrected chi connectivity index (χ4v) is 7.08. The zero-order valence-corrected chi connectivity index (χ0v) is 25.8. The second kappa shape index (κ2) is 11.3. The highest BCUT2D eigenvalue weighted by atomic mass is 15.1. The first-order valence-electron chi connectivity index (χ1n) is 16.2. The second-order valence-corrected chi connectivity index (χ2v) is 12.2. The molecule has 0 amide bonds. The fraction of sp³-hybridized carbons (Fsp3) is 0. The quantitative estimate of drug-likeness (QED) is 0.178. The minimum atomic E-state index is 1.12. The summed E-state index contributed by atoms with van der Waals surface area (Å²) in [6, 6.07) is 68.3. The van der Waals surface area contributed by atoms with Gasteiger partial charge in [-0.1, -0.05) is 152 Å². The maximum atomic E-state index is 2.43. The summed E-state index contributed by atoms with van der Waals surface area (Å²) in [5, 5.41) is 10.0. The minimum absolute atomic E-state index is 1.12. The van der Waals surface area contributed by atoms with Crippen molar-refractivity contribution in [3.8, 4) is 22.3 Å². The fourth-order valence-electron chi connectivity index (χ4n) is 7.08. The summed E-state index contributed by atoms with van der Waals surface area (Å²) in [5.41, 5.74) is 8.21. The summed E-state index contributed by atoms with van der Waals surface area (Å²) in [5.74, 6) is 0. The van der Waals surface area contributed by atoms with Crippen molar-refractivity contribution in [2.24, 2.45) is 0 Å². The molecule has 0 heterocycles. The molecule has 0 radical (unpaired) electrons. The monoisotopic (exact) mass is 597 g/mol. The summed E-state index contributed by atoms with van der Waals surface area (Å²) < 4.78 is 0. The molecule has 0 saturated carbocycles. The van der Waals surface area contributed by atoms with Gasteiger partial charge in [0.15, 0.2) is 0 Å². The highest BCUT2D eigenvalue weighted by Gasteiger charge is 2.19. The Morgan fingerprint density at radius 3 is 1.66 bits per heavy atom. The van der Waals surface area contributed by atoms with Crippen LogP contribution in [0.1, 0.15) is 0 Å². The van der Waals surface area contributed by atoms with Crippen LogP contribution in [0.3, 0.4) is 0 Å². The Bertz CT molecular complexity index is 2560. The Hall–Kier alpha value is -6.18. The lowest BCUT2D eigenvalue weighted by Gasteiger charge is -2.28. The van der Waals surface area contributed by atoms with Crippen molar-refractivity contribution in [2.45, 2.75) is 0 Å². The number of nitrogens with zero attached hydrogens (tertiary/aromatic N) is 1. The van der Waals surface area contributed by atoms with Crippen LogP contribution in [-0.4, -0.2) is 0 Å². The summed E-state index contributed by atoms with van der Waals surface area (Å²) in [6.07, 6.45) is 0. The van der Waals surface area contributed by atoms with Crippen molar-refractivity contribution < 1.29 is 0 Å². The molecule has 0 N–H and O–H groups in total. The lowest BCUT2D eigenvalue weighted by Crippen LogP contribution is -2.11. The number of hydrogen-bond donors (Lipinski definition) is 0. The third-order valence-corrected chi connectivity index (χ3v) is 9.41. The first-order valence-corrected chi connectivity index (χ1v) is 16.2. The molecule has 9 aromatic carbocycles. The van der Waals surface area contributed by atoms with Crippen LogP contribution in [0.4, 0.5) is 17.1 Å². The molecule has 0 aromatic heterocycles. The van der Waals surface area contributed by atoms with E-state index in [1.165, 1.54) is 65.3 Å². The van der Waals surface area contributed by atoms with Gasteiger partial charge in [-0.15, -0.1) is 0 Å². The SMILES string of the molecule is c1ccc(-c2cccc(N(c3ccc(-c4ccc5ccccc5c4)cc3)c3cc4c5ccccc5ccc4c4ccccc34)c2)cc1. The first-order chi connectivity index (χ1) is 23.3. The maximum Gasteiger partial charge on any atom is 0.0546 e. The van der Waals surface area contributed by atoms with Gasteiger partial charge in [0.2, 0.25) is 0 Å². The summed E-state index contributed by atoms with van der Waals surface area (Å²) in [4.78, 5) is 2.43. The highest BCUT2D eigenvalue weighted by molar-refractivity contribution is 6.21. The van der Waals surface area contributed by atoms with Crippen molar-refractivity contribution in [3.63, 3.8) is 0 Å². The Kier molecular flexibility index (Phi) is 6.54. The Morgan fingerprint density at radius 1 is 0.255 bits per heavy atom. The van der Waals surface area contributed by atoms with Gasteiger partial charge in [-0.05, 0) is 96.4 Å². The largest absolute Gasteiger partial charge is 0.310 e. The van der Waals surface area contributed by atoms with Gasteiger partial charge in [0.1, 0.15) is 0 Å². The lowest BCUT2D eigenvalue weighted by molar-refractivity contribution is 1.30. The minimum Gasteiger partial charge on any atom is -0.310 e. The average molecular weight is 598 g/mol. The molecule has 1 nitrogen and oxygen atoms in total. The van der Waals surface area contributed by atoms with Gasteiger partial charge in [-0.3, -0.25) is 0 Å². The van der Waals surface area contributed by atoms with E-state index in [1.54, 1.807) is 0 Å². The average Bonchev–Trinajstić information content (AvgIpc) is 3.15. The Labute approximate surface area is 274 Å². The zero-order chi connectivity index (χ0) is 31.2. The predicted molar refractivity (Wildman–Crippen MR) is 202 cm³/mol. The van der Waals surface area contributed by atoms with E-state index in [0.717, 1.165) is 17.1 Å². The van der Waals surface area contributed by atoms with E-state index >= 15 is 0 Å². The molecule has 47 heavy (non-hydrogen) atoms. The molecule has 0 spiro atoms.